The fraction of sp³-hybridized carbons (Fsp3) is 0.500. The second-order valence-electron chi connectivity index (χ2n) is 4.81. The summed E-state index contributed by atoms with van der Waals surface area (Å²) < 4.78 is 1.03. The number of urea groups is 1. The van der Waals surface area contributed by atoms with E-state index >= 15 is 0 Å². The van der Waals surface area contributed by atoms with Crippen molar-refractivity contribution in [2.75, 3.05) is 6.54 Å². The van der Waals surface area contributed by atoms with E-state index in [9.17, 15) is 4.79 Å². The number of nitrogens with one attached hydrogen (secondary N) is 2. The number of halogens is 1. The summed E-state index contributed by atoms with van der Waals surface area (Å²) in [4.78, 5) is 11.6. The number of hydrogen-bond acceptors (Lipinski definition) is 1. The number of rotatable bonds is 4. The molecule has 0 unspecified atom stereocenters. The molecule has 0 aromatic heterocycles. The highest BCUT2D eigenvalue weighted by atomic mass is 79.9. The van der Waals surface area contributed by atoms with E-state index in [0.717, 1.165) is 16.6 Å². The maximum Gasteiger partial charge on any atom is 0.315 e. The first-order valence-corrected chi connectivity index (χ1v) is 7.30. The van der Waals surface area contributed by atoms with Crippen LogP contribution in [0.5, 0.6) is 0 Å². The molecule has 1 aromatic rings. The molecule has 0 aliphatic heterocycles. The molecule has 0 saturated heterocycles. The van der Waals surface area contributed by atoms with Gasteiger partial charge in [-0.2, -0.15) is 0 Å². The standard InChI is InChI=1S/C14H19BrN2O/c15-13-8-4-3-7-12(13)10-17-14(18)16-9-11-5-1-2-6-11/h3-4,7-8,11H,1-2,5-6,9-10H2,(H2,16,17,18). The molecule has 1 saturated carbocycles. The molecule has 2 amide bonds. The highest BCUT2D eigenvalue weighted by molar-refractivity contribution is 9.10. The van der Waals surface area contributed by atoms with Crippen LogP contribution in [0.3, 0.4) is 0 Å². The minimum absolute atomic E-state index is 0.0716. The summed E-state index contributed by atoms with van der Waals surface area (Å²) in [7, 11) is 0. The maximum absolute atomic E-state index is 11.6. The number of amides is 2. The molecule has 3 nitrogen and oxygen atoms in total. The number of benzene rings is 1. The fourth-order valence-electron chi connectivity index (χ4n) is 2.33. The third-order valence-electron chi connectivity index (χ3n) is 3.42. The van der Waals surface area contributed by atoms with E-state index in [1.54, 1.807) is 0 Å². The highest BCUT2D eigenvalue weighted by Crippen LogP contribution is 2.23. The molecule has 2 N–H and O–H groups in total. The number of hydrogen-bond donors (Lipinski definition) is 2. The van der Waals surface area contributed by atoms with Gasteiger partial charge in [-0.3, -0.25) is 0 Å². The normalized spacial score (nSPS) is 15.6. The van der Waals surface area contributed by atoms with E-state index < -0.39 is 0 Å². The third-order valence-corrected chi connectivity index (χ3v) is 4.20. The van der Waals surface area contributed by atoms with Gasteiger partial charge in [0.2, 0.25) is 0 Å². The van der Waals surface area contributed by atoms with Crippen LogP contribution in [0.25, 0.3) is 0 Å². The molecule has 18 heavy (non-hydrogen) atoms. The average molecular weight is 311 g/mol. The molecule has 1 fully saturated rings. The lowest BCUT2D eigenvalue weighted by Crippen LogP contribution is -2.37. The van der Waals surface area contributed by atoms with Gasteiger partial charge in [-0.25, -0.2) is 4.79 Å². The van der Waals surface area contributed by atoms with E-state index in [1.165, 1.54) is 25.7 Å². The van der Waals surface area contributed by atoms with Gasteiger partial charge in [0.15, 0.2) is 0 Å². The molecule has 0 radical (unpaired) electrons. The first kappa shape index (κ1) is 13.4. The monoisotopic (exact) mass is 310 g/mol. The van der Waals surface area contributed by atoms with Crippen molar-refractivity contribution in [3.63, 3.8) is 0 Å². The van der Waals surface area contributed by atoms with Gasteiger partial charge < -0.3 is 10.6 Å². The van der Waals surface area contributed by atoms with Gasteiger partial charge in [0, 0.05) is 17.6 Å². The Balaban J connectivity index is 1.69. The van der Waals surface area contributed by atoms with Crippen LogP contribution in [0.2, 0.25) is 0 Å². The summed E-state index contributed by atoms with van der Waals surface area (Å²) in [6, 6.07) is 7.85. The molecular formula is C14H19BrN2O. The van der Waals surface area contributed by atoms with E-state index in [1.807, 2.05) is 24.3 Å². The molecule has 98 valence electrons. The van der Waals surface area contributed by atoms with Crippen LogP contribution in [0.1, 0.15) is 31.2 Å². The Morgan fingerprint density at radius 1 is 1.22 bits per heavy atom. The van der Waals surface area contributed by atoms with Gasteiger partial charge in [-0.15, -0.1) is 0 Å². The van der Waals surface area contributed by atoms with Gasteiger partial charge in [-0.1, -0.05) is 47.0 Å². The number of carbonyl (C=O) groups is 1. The maximum atomic E-state index is 11.6. The lowest BCUT2D eigenvalue weighted by molar-refractivity contribution is 0.238. The van der Waals surface area contributed by atoms with Gasteiger partial charge in [0.25, 0.3) is 0 Å². The largest absolute Gasteiger partial charge is 0.338 e. The predicted molar refractivity (Wildman–Crippen MR) is 76.3 cm³/mol. The second kappa shape index (κ2) is 6.78. The van der Waals surface area contributed by atoms with E-state index in [4.69, 9.17) is 0 Å². The first-order chi connectivity index (χ1) is 8.75. The quantitative estimate of drug-likeness (QED) is 0.879. The lowest BCUT2D eigenvalue weighted by atomic mass is 10.1. The minimum atomic E-state index is -0.0716. The molecule has 4 heteroatoms. The van der Waals surface area contributed by atoms with Crippen molar-refractivity contribution in [1.29, 1.82) is 0 Å². The van der Waals surface area contributed by atoms with Crippen LogP contribution < -0.4 is 10.6 Å². The van der Waals surface area contributed by atoms with E-state index in [0.29, 0.717) is 12.5 Å². The summed E-state index contributed by atoms with van der Waals surface area (Å²) in [5.41, 5.74) is 1.09. The zero-order valence-corrected chi connectivity index (χ0v) is 12.0. The van der Waals surface area contributed by atoms with Gasteiger partial charge >= 0.3 is 6.03 Å². The van der Waals surface area contributed by atoms with Crippen LogP contribution in [0.4, 0.5) is 4.79 Å². The topological polar surface area (TPSA) is 41.1 Å². The van der Waals surface area contributed by atoms with Crippen molar-refractivity contribution >= 4 is 22.0 Å². The second-order valence-corrected chi connectivity index (χ2v) is 5.66. The van der Waals surface area contributed by atoms with Crippen molar-refractivity contribution in [3.05, 3.63) is 34.3 Å². The smallest absolute Gasteiger partial charge is 0.315 e. The van der Waals surface area contributed by atoms with Gasteiger partial charge in [0.05, 0.1) is 0 Å². The molecule has 1 aliphatic rings. The molecule has 0 spiro atoms. The van der Waals surface area contributed by atoms with Crippen LogP contribution in [-0.2, 0) is 6.54 Å². The first-order valence-electron chi connectivity index (χ1n) is 6.51. The van der Waals surface area contributed by atoms with E-state index in [-0.39, 0.29) is 6.03 Å². The molecule has 1 aromatic carbocycles. The van der Waals surface area contributed by atoms with Crippen molar-refractivity contribution in [1.82, 2.24) is 10.6 Å². The Hall–Kier alpha value is -1.03. The van der Waals surface area contributed by atoms with Crippen molar-refractivity contribution in [3.8, 4) is 0 Å². The van der Waals surface area contributed by atoms with Crippen molar-refractivity contribution < 1.29 is 4.79 Å². The van der Waals surface area contributed by atoms with Crippen LogP contribution >= 0.6 is 15.9 Å². The summed E-state index contributed by atoms with van der Waals surface area (Å²) in [5, 5.41) is 5.83. The van der Waals surface area contributed by atoms with Crippen LogP contribution in [-0.4, -0.2) is 12.6 Å². The Morgan fingerprint density at radius 3 is 2.67 bits per heavy atom. The Morgan fingerprint density at radius 2 is 1.94 bits per heavy atom. The fourth-order valence-corrected chi connectivity index (χ4v) is 2.76. The van der Waals surface area contributed by atoms with Gasteiger partial charge in [0.1, 0.15) is 0 Å². The third kappa shape index (κ3) is 4.02. The van der Waals surface area contributed by atoms with Crippen LogP contribution in [0, 0.1) is 5.92 Å². The van der Waals surface area contributed by atoms with E-state index in [2.05, 4.69) is 26.6 Å². The van der Waals surface area contributed by atoms with Crippen LogP contribution in [0.15, 0.2) is 28.7 Å². The molecule has 1 aliphatic carbocycles. The lowest BCUT2D eigenvalue weighted by Gasteiger charge is -2.12. The number of carbonyl (C=O) groups excluding carboxylic acids is 1. The van der Waals surface area contributed by atoms with Crippen molar-refractivity contribution in [2.45, 2.75) is 32.2 Å². The molecule has 0 bridgehead atoms. The molecule has 2 rings (SSSR count). The van der Waals surface area contributed by atoms with Gasteiger partial charge in [-0.05, 0) is 30.4 Å². The van der Waals surface area contributed by atoms with Crippen molar-refractivity contribution in [2.24, 2.45) is 5.92 Å². The highest BCUT2D eigenvalue weighted by Gasteiger charge is 2.15. The molecular weight excluding hydrogens is 292 g/mol. The Labute approximate surface area is 116 Å². The SMILES string of the molecule is O=C(NCc1ccccc1Br)NCC1CCCC1. The Kier molecular flexibility index (Phi) is 5.05. The average Bonchev–Trinajstić information content (AvgIpc) is 2.88. The minimum Gasteiger partial charge on any atom is -0.338 e. The summed E-state index contributed by atoms with van der Waals surface area (Å²) in [6.45, 7) is 1.36. The predicted octanol–water partition coefficient (Wildman–Crippen LogP) is 3.44. The zero-order chi connectivity index (χ0) is 12.8. The molecule has 0 atom stereocenters. The molecule has 0 heterocycles. The summed E-state index contributed by atoms with van der Waals surface area (Å²) in [6.07, 6.45) is 5.13. The summed E-state index contributed by atoms with van der Waals surface area (Å²) >= 11 is 3.47. The zero-order valence-electron chi connectivity index (χ0n) is 10.4. The summed E-state index contributed by atoms with van der Waals surface area (Å²) in [5.74, 6) is 0.680. The Bertz CT molecular complexity index is 403.